The second kappa shape index (κ2) is 7.18. The Labute approximate surface area is 149 Å². The number of nitrogens with zero attached hydrogens (tertiary/aromatic N) is 1. The molecule has 0 radical (unpaired) electrons. The van der Waals surface area contributed by atoms with Gasteiger partial charge in [-0.25, -0.2) is 13.4 Å². The van der Waals surface area contributed by atoms with E-state index in [-0.39, 0.29) is 28.7 Å². The van der Waals surface area contributed by atoms with E-state index in [0.29, 0.717) is 21.2 Å². The molecule has 2 rings (SSSR count). The molecule has 0 aliphatic rings. The van der Waals surface area contributed by atoms with Crippen LogP contribution in [0.15, 0.2) is 35.4 Å². The number of benzene rings is 1. The molecule has 2 aromatic rings. The second-order valence-corrected chi connectivity index (χ2v) is 8.13. The van der Waals surface area contributed by atoms with E-state index in [1.54, 1.807) is 12.1 Å². The van der Waals surface area contributed by atoms with Crippen molar-refractivity contribution in [3.8, 4) is 0 Å². The number of carbonyl (C=O) groups excluding carboxylic acids is 1. The maximum Gasteiger partial charge on any atom is 0.177 e. The lowest BCUT2D eigenvalue weighted by atomic mass is 10.0. The SMILES string of the molecule is CS(=O)(=O)c1cnc(Cl)c(CCC(=O)c2ccc(Cl)c(Cl)c2)c1. The summed E-state index contributed by atoms with van der Waals surface area (Å²) in [6.07, 6.45) is 2.70. The molecule has 0 spiro atoms. The van der Waals surface area contributed by atoms with Crippen LogP contribution in [0.1, 0.15) is 22.3 Å². The molecule has 122 valence electrons. The Morgan fingerprint density at radius 1 is 1.13 bits per heavy atom. The zero-order valence-electron chi connectivity index (χ0n) is 12.0. The molecule has 1 heterocycles. The summed E-state index contributed by atoms with van der Waals surface area (Å²) >= 11 is 17.7. The predicted octanol–water partition coefficient (Wildman–Crippen LogP) is 4.26. The molecular formula is C15H12Cl3NO3S. The van der Waals surface area contributed by atoms with E-state index in [2.05, 4.69) is 4.98 Å². The van der Waals surface area contributed by atoms with Gasteiger partial charge in [0, 0.05) is 24.4 Å². The van der Waals surface area contributed by atoms with Crippen molar-refractivity contribution in [2.45, 2.75) is 17.7 Å². The Morgan fingerprint density at radius 2 is 1.83 bits per heavy atom. The summed E-state index contributed by atoms with van der Waals surface area (Å²) in [6.45, 7) is 0. The van der Waals surface area contributed by atoms with Gasteiger partial charge in [0.15, 0.2) is 15.6 Å². The van der Waals surface area contributed by atoms with Gasteiger partial charge in [-0.15, -0.1) is 0 Å². The van der Waals surface area contributed by atoms with E-state index in [4.69, 9.17) is 34.8 Å². The van der Waals surface area contributed by atoms with Gasteiger partial charge in [0.2, 0.25) is 0 Å². The van der Waals surface area contributed by atoms with Crippen molar-refractivity contribution in [1.82, 2.24) is 4.98 Å². The first kappa shape index (κ1) is 18.2. The summed E-state index contributed by atoms with van der Waals surface area (Å²) < 4.78 is 23.1. The third kappa shape index (κ3) is 4.67. The van der Waals surface area contributed by atoms with Crippen molar-refractivity contribution in [1.29, 1.82) is 0 Å². The zero-order valence-corrected chi connectivity index (χ0v) is 15.1. The normalized spacial score (nSPS) is 11.5. The summed E-state index contributed by atoms with van der Waals surface area (Å²) in [4.78, 5) is 16.1. The first-order valence-electron chi connectivity index (χ1n) is 6.51. The van der Waals surface area contributed by atoms with Crippen LogP contribution in [0.25, 0.3) is 0 Å². The largest absolute Gasteiger partial charge is 0.294 e. The molecule has 4 nitrogen and oxygen atoms in total. The Hall–Kier alpha value is -1.14. The van der Waals surface area contributed by atoms with Gasteiger partial charge in [0.25, 0.3) is 0 Å². The van der Waals surface area contributed by atoms with Crippen molar-refractivity contribution in [3.05, 3.63) is 56.8 Å². The fourth-order valence-corrected chi connectivity index (χ4v) is 3.01. The molecule has 0 unspecified atom stereocenters. The monoisotopic (exact) mass is 391 g/mol. The van der Waals surface area contributed by atoms with Crippen LogP contribution < -0.4 is 0 Å². The van der Waals surface area contributed by atoms with E-state index in [0.717, 1.165) is 6.26 Å². The van der Waals surface area contributed by atoms with Crippen LogP contribution in [0.2, 0.25) is 15.2 Å². The van der Waals surface area contributed by atoms with E-state index in [1.807, 2.05) is 0 Å². The number of rotatable bonds is 5. The van der Waals surface area contributed by atoms with Crippen molar-refractivity contribution < 1.29 is 13.2 Å². The van der Waals surface area contributed by atoms with Gasteiger partial charge in [-0.2, -0.15) is 0 Å². The number of carbonyl (C=O) groups is 1. The molecule has 0 atom stereocenters. The highest BCUT2D eigenvalue weighted by molar-refractivity contribution is 7.90. The third-order valence-corrected chi connectivity index (χ3v) is 5.34. The maximum absolute atomic E-state index is 12.2. The number of halogens is 3. The minimum Gasteiger partial charge on any atom is -0.294 e. The van der Waals surface area contributed by atoms with E-state index in [1.165, 1.54) is 18.3 Å². The fraction of sp³-hybridized carbons (Fsp3) is 0.200. The molecule has 0 aliphatic carbocycles. The van der Waals surface area contributed by atoms with Crippen LogP contribution in [-0.4, -0.2) is 25.4 Å². The third-order valence-electron chi connectivity index (χ3n) is 3.18. The molecule has 0 saturated carbocycles. The van der Waals surface area contributed by atoms with Gasteiger partial charge in [0.05, 0.1) is 14.9 Å². The number of aromatic nitrogens is 1. The van der Waals surface area contributed by atoms with Crippen molar-refractivity contribution in [2.75, 3.05) is 6.26 Å². The second-order valence-electron chi connectivity index (χ2n) is 4.95. The lowest BCUT2D eigenvalue weighted by Gasteiger charge is -2.06. The lowest BCUT2D eigenvalue weighted by Crippen LogP contribution is -2.04. The number of hydrogen-bond donors (Lipinski definition) is 0. The van der Waals surface area contributed by atoms with Gasteiger partial charge in [-0.1, -0.05) is 34.8 Å². The van der Waals surface area contributed by atoms with Crippen LogP contribution in [0, 0.1) is 0 Å². The number of pyridine rings is 1. The molecule has 0 bridgehead atoms. The molecular weight excluding hydrogens is 381 g/mol. The van der Waals surface area contributed by atoms with Crippen LogP contribution in [-0.2, 0) is 16.3 Å². The quantitative estimate of drug-likeness (QED) is 0.563. The molecule has 8 heteroatoms. The Bertz CT molecular complexity index is 866. The number of aryl methyl sites for hydroxylation is 1. The highest BCUT2D eigenvalue weighted by Gasteiger charge is 2.14. The van der Waals surface area contributed by atoms with Crippen molar-refractivity contribution in [3.63, 3.8) is 0 Å². The topological polar surface area (TPSA) is 64.1 Å². The number of sulfone groups is 1. The fourth-order valence-electron chi connectivity index (χ4n) is 1.91. The number of Topliss-reactive ketones (excluding diaryl/α,β-unsaturated/α-hetero) is 1. The van der Waals surface area contributed by atoms with Crippen molar-refractivity contribution >= 4 is 50.4 Å². The summed E-state index contributed by atoms with van der Waals surface area (Å²) in [6, 6.07) is 6.07. The van der Waals surface area contributed by atoms with Crippen LogP contribution in [0.4, 0.5) is 0 Å². The number of hydrogen-bond acceptors (Lipinski definition) is 4. The number of ketones is 1. The molecule has 0 aliphatic heterocycles. The first-order valence-corrected chi connectivity index (χ1v) is 9.54. The average molecular weight is 393 g/mol. The molecule has 0 amide bonds. The Morgan fingerprint density at radius 3 is 2.43 bits per heavy atom. The minimum absolute atomic E-state index is 0.0684. The van der Waals surface area contributed by atoms with Gasteiger partial charge >= 0.3 is 0 Å². The van der Waals surface area contributed by atoms with Crippen LogP contribution in [0.3, 0.4) is 0 Å². The summed E-state index contributed by atoms with van der Waals surface area (Å²) in [5, 5.41) is 0.854. The molecule has 0 N–H and O–H groups in total. The van der Waals surface area contributed by atoms with E-state index >= 15 is 0 Å². The summed E-state index contributed by atoms with van der Waals surface area (Å²) in [7, 11) is -3.38. The minimum atomic E-state index is -3.38. The molecule has 0 fully saturated rings. The van der Waals surface area contributed by atoms with Gasteiger partial charge < -0.3 is 0 Å². The van der Waals surface area contributed by atoms with Crippen LogP contribution >= 0.6 is 34.8 Å². The van der Waals surface area contributed by atoms with Gasteiger partial charge in [0.1, 0.15) is 5.15 Å². The zero-order chi connectivity index (χ0) is 17.2. The van der Waals surface area contributed by atoms with Gasteiger partial charge in [-0.3, -0.25) is 4.79 Å². The Kier molecular flexibility index (Phi) is 5.68. The lowest BCUT2D eigenvalue weighted by molar-refractivity contribution is 0.0983. The van der Waals surface area contributed by atoms with E-state index < -0.39 is 9.84 Å². The summed E-state index contributed by atoms with van der Waals surface area (Å²) in [5.41, 5.74) is 0.936. The van der Waals surface area contributed by atoms with Gasteiger partial charge in [-0.05, 0) is 36.2 Å². The smallest absolute Gasteiger partial charge is 0.177 e. The van der Waals surface area contributed by atoms with Crippen LogP contribution in [0.5, 0.6) is 0 Å². The highest BCUT2D eigenvalue weighted by Crippen LogP contribution is 2.24. The van der Waals surface area contributed by atoms with E-state index in [9.17, 15) is 13.2 Å². The van der Waals surface area contributed by atoms with Crippen molar-refractivity contribution in [2.24, 2.45) is 0 Å². The first-order chi connectivity index (χ1) is 10.7. The maximum atomic E-state index is 12.2. The molecule has 23 heavy (non-hydrogen) atoms. The highest BCUT2D eigenvalue weighted by atomic mass is 35.5. The molecule has 1 aromatic heterocycles. The molecule has 1 aromatic carbocycles. The average Bonchev–Trinajstić information content (AvgIpc) is 2.47. The predicted molar refractivity (Wildman–Crippen MR) is 91.5 cm³/mol. The molecule has 0 saturated heterocycles. The Balaban J connectivity index is 2.17. The summed E-state index contributed by atoms with van der Waals surface area (Å²) in [5.74, 6) is -0.149. The standard InChI is InChI=1S/C15H12Cl3NO3S/c1-23(21,22)11-6-10(15(18)19-8-11)3-5-14(20)9-2-4-12(16)13(17)7-9/h2,4,6-8H,3,5H2,1H3.